The predicted molar refractivity (Wildman–Crippen MR) is 93.8 cm³/mol. The van der Waals surface area contributed by atoms with Gasteiger partial charge < -0.3 is 21.1 Å². The fraction of sp³-hybridized carbons (Fsp3) is 0.500. The van der Waals surface area contributed by atoms with Crippen molar-refractivity contribution in [3.63, 3.8) is 0 Å². The van der Waals surface area contributed by atoms with Gasteiger partial charge in [0.15, 0.2) is 0 Å². The van der Waals surface area contributed by atoms with Gasteiger partial charge in [0, 0.05) is 5.69 Å². The van der Waals surface area contributed by atoms with E-state index in [1.807, 2.05) is 0 Å². The topological polar surface area (TPSA) is 111 Å². The highest BCUT2D eigenvalue weighted by atomic mass is 16.5. The summed E-state index contributed by atoms with van der Waals surface area (Å²) in [5.74, 6) is -0.925. The third-order valence-corrected chi connectivity index (χ3v) is 4.43. The van der Waals surface area contributed by atoms with E-state index in [0.717, 1.165) is 24.8 Å². The highest BCUT2D eigenvalue weighted by Gasteiger charge is 2.35. The number of hydrogen-bond donors (Lipinski definition) is 3. The molecule has 0 aromatic heterocycles. The van der Waals surface area contributed by atoms with Crippen molar-refractivity contribution in [2.45, 2.75) is 44.1 Å². The maximum absolute atomic E-state index is 12.4. The molecule has 7 heteroatoms. The Labute approximate surface area is 147 Å². The van der Waals surface area contributed by atoms with Crippen LogP contribution in [0.25, 0.3) is 0 Å². The molecule has 0 unspecified atom stereocenters. The van der Waals surface area contributed by atoms with Gasteiger partial charge in [-0.2, -0.15) is 0 Å². The highest BCUT2D eigenvalue weighted by molar-refractivity contribution is 5.98. The molecule has 2 rings (SSSR count). The number of esters is 1. The van der Waals surface area contributed by atoms with Crippen LogP contribution in [-0.4, -0.2) is 37.0 Å². The Morgan fingerprint density at radius 1 is 1.12 bits per heavy atom. The van der Waals surface area contributed by atoms with Crippen LogP contribution >= 0.6 is 0 Å². The Morgan fingerprint density at radius 3 is 2.36 bits per heavy atom. The van der Waals surface area contributed by atoms with Gasteiger partial charge in [0.2, 0.25) is 11.8 Å². The Kier molecular flexibility index (Phi) is 6.52. The van der Waals surface area contributed by atoms with Crippen molar-refractivity contribution >= 4 is 23.5 Å². The van der Waals surface area contributed by atoms with Crippen LogP contribution in [0, 0.1) is 0 Å². The van der Waals surface area contributed by atoms with E-state index < -0.39 is 11.5 Å². The molecule has 0 bridgehead atoms. The Bertz CT molecular complexity index is 622. The zero-order valence-corrected chi connectivity index (χ0v) is 14.5. The third-order valence-electron chi connectivity index (χ3n) is 4.43. The summed E-state index contributed by atoms with van der Waals surface area (Å²) in [6, 6.07) is 7.01. The lowest BCUT2D eigenvalue weighted by Crippen LogP contribution is -2.52. The normalized spacial score (nSPS) is 15.9. The zero-order valence-electron chi connectivity index (χ0n) is 14.5. The molecule has 0 spiro atoms. The molecule has 0 aliphatic heterocycles. The van der Waals surface area contributed by atoms with Gasteiger partial charge in [0.25, 0.3) is 0 Å². The number of hydrogen-bond acceptors (Lipinski definition) is 5. The molecule has 1 aromatic rings. The van der Waals surface area contributed by atoms with Gasteiger partial charge in [0.05, 0.1) is 19.1 Å². The van der Waals surface area contributed by atoms with Crippen molar-refractivity contribution in [1.29, 1.82) is 0 Å². The quantitative estimate of drug-likeness (QED) is 0.668. The van der Waals surface area contributed by atoms with E-state index in [-0.39, 0.29) is 24.8 Å². The molecule has 1 aromatic carbocycles. The number of nitrogens with one attached hydrogen (secondary N) is 2. The number of carbonyl (C=O) groups is 3. The molecule has 0 heterocycles. The second-order valence-electron chi connectivity index (χ2n) is 6.40. The summed E-state index contributed by atoms with van der Waals surface area (Å²) in [5, 5.41) is 5.33. The molecule has 0 atom stereocenters. The van der Waals surface area contributed by atoms with Crippen molar-refractivity contribution < 1.29 is 19.1 Å². The molecule has 1 fully saturated rings. The molecule has 1 aliphatic rings. The number of methoxy groups -OCH3 is 1. The molecular formula is C18H25N3O4. The third kappa shape index (κ3) is 5.56. The van der Waals surface area contributed by atoms with Crippen molar-refractivity contribution in [2.24, 2.45) is 5.73 Å². The van der Waals surface area contributed by atoms with Gasteiger partial charge in [-0.1, -0.05) is 31.4 Å². The average Bonchev–Trinajstić information content (AvgIpc) is 2.62. The summed E-state index contributed by atoms with van der Waals surface area (Å²) in [7, 11) is 1.26. The van der Waals surface area contributed by atoms with Crippen LogP contribution in [0.15, 0.2) is 24.3 Å². The van der Waals surface area contributed by atoms with Gasteiger partial charge in [-0.3, -0.25) is 14.4 Å². The van der Waals surface area contributed by atoms with Crippen LogP contribution in [-0.2, 0) is 25.5 Å². The van der Waals surface area contributed by atoms with Crippen molar-refractivity contribution in [3.05, 3.63) is 29.8 Å². The van der Waals surface area contributed by atoms with E-state index in [4.69, 9.17) is 5.73 Å². The minimum Gasteiger partial charge on any atom is -0.468 e. The summed E-state index contributed by atoms with van der Waals surface area (Å²) < 4.78 is 4.46. The molecule has 136 valence electrons. The number of benzene rings is 1. The van der Waals surface area contributed by atoms with Crippen molar-refractivity contribution in [1.82, 2.24) is 5.32 Å². The highest BCUT2D eigenvalue weighted by Crippen LogP contribution is 2.27. The van der Waals surface area contributed by atoms with E-state index in [9.17, 15) is 14.4 Å². The lowest BCUT2D eigenvalue weighted by molar-refractivity contribution is -0.141. The van der Waals surface area contributed by atoms with Crippen LogP contribution in [0.3, 0.4) is 0 Å². The van der Waals surface area contributed by atoms with Crippen LogP contribution in [0.5, 0.6) is 0 Å². The fourth-order valence-corrected chi connectivity index (χ4v) is 2.86. The molecule has 2 amide bonds. The van der Waals surface area contributed by atoms with Gasteiger partial charge in [-0.25, -0.2) is 0 Å². The van der Waals surface area contributed by atoms with E-state index in [0.29, 0.717) is 18.5 Å². The summed E-state index contributed by atoms with van der Waals surface area (Å²) >= 11 is 0. The number of ether oxygens (including phenoxy) is 1. The van der Waals surface area contributed by atoms with Gasteiger partial charge in [-0.15, -0.1) is 0 Å². The second kappa shape index (κ2) is 8.62. The Balaban J connectivity index is 1.86. The molecule has 7 nitrogen and oxygen atoms in total. The standard InChI is InChI=1S/C18H25N3O4/c1-25-16(23)12-20-15(22)11-13-5-7-14(8-6-13)21-17(24)18(19)9-3-2-4-10-18/h5-8H,2-4,9-12,19H2,1H3,(H,20,22)(H,21,24). The van der Waals surface area contributed by atoms with Gasteiger partial charge in [0.1, 0.15) is 6.54 Å². The first kappa shape index (κ1) is 18.9. The van der Waals surface area contributed by atoms with E-state index in [2.05, 4.69) is 15.4 Å². The summed E-state index contributed by atoms with van der Waals surface area (Å²) in [6.07, 6.45) is 4.63. The molecule has 1 saturated carbocycles. The SMILES string of the molecule is COC(=O)CNC(=O)Cc1ccc(NC(=O)C2(N)CCCCC2)cc1. The summed E-state index contributed by atoms with van der Waals surface area (Å²) in [5.41, 5.74) is 6.86. The molecular weight excluding hydrogens is 322 g/mol. The predicted octanol–water partition coefficient (Wildman–Crippen LogP) is 1.12. The first-order valence-corrected chi connectivity index (χ1v) is 8.46. The minimum atomic E-state index is -0.787. The number of rotatable bonds is 6. The summed E-state index contributed by atoms with van der Waals surface area (Å²) in [4.78, 5) is 35.1. The Hall–Kier alpha value is -2.41. The van der Waals surface area contributed by atoms with Crippen LogP contribution in [0.2, 0.25) is 0 Å². The lowest BCUT2D eigenvalue weighted by atomic mass is 9.82. The summed E-state index contributed by atoms with van der Waals surface area (Å²) in [6.45, 7) is -0.151. The monoisotopic (exact) mass is 347 g/mol. The first-order chi connectivity index (χ1) is 11.9. The molecule has 0 saturated heterocycles. The molecule has 1 aliphatic carbocycles. The second-order valence-corrected chi connectivity index (χ2v) is 6.40. The zero-order chi connectivity index (χ0) is 18.3. The van der Waals surface area contributed by atoms with E-state index in [1.54, 1.807) is 24.3 Å². The molecule has 25 heavy (non-hydrogen) atoms. The van der Waals surface area contributed by atoms with Crippen molar-refractivity contribution in [3.8, 4) is 0 Å². The maximum Gasteiger partial charge on any atom is 0.325 e. The number of nitrogens with two attached hydrogens (primary N) is 1. The lowest BCUT2D eigenvalue weighted by Gasteiger charge is -2.31. The van der Waals surface area contributed by atoms with Gasteiger partial charge >= 0.3 is 5.97 Å². The van der Waals surface area contributed by atoms with Crippen molar-refractivity contribution in [2.75, 3.05) is 19.0 Å². The molecule has 4 N–H and O–H groups in total. The van der Waals surface area contributed by atoms with E-state index >= 15 is 0 Å². The van der Waals surface area contributed by atoms with E-state index in [1.165, 1.54) is 7.11 Å². The minimum absolute atomic E-state index is 0.145. The van der Waals surface area contributed by atoms with Crippen LogP contribution in [0.4, 0.5) is 5.69 Å². The maximum atomic E-state index is 12.4. The smallest absolute Gasteiger partial charge is 0.325 e. The Morgan fingerprint density at radius 2 is 1.76 bits per heavy atom. The van der Waals surface area contributed by atoms with Gasteiger partial charge in [-0.05, 0) is 30.5 Å². The largest absolute Gasteiger partial charge is 0.468 e. The number of carbonyl (C=O) groups excluding carboxylic acids is 3. The fourth-order valence-electron chi connectivity index (χ4n) is 2.86. The number of amides is 2. The first-order valence-electron chi connectivity index (χ1n) is 8.46. The number of anilines is 1. The molecule has 0 radical (unpaired) electrons. The van der Waals surface area contributed by atoms with Crippen LogP contribution in [0.1, 0.15) is 37.7 Å². The average molecular weight is 347 g/mol. The van der Waals surface area contributed by atoms with Crippen LogP contribution < -0.4 is 16.4 Å².